The smallest absolute Gasteiger partial charge is 0.0890 e. The molecule has 1 fully saturated rings. The molecule has 0 bridgehead atoms. The average Bonchev–Trinajstić information content (AvgIpc) is 2.93. The fraction of sp³-hybridized carbons (Fsp3) is 0.467. The van der Waals surface area contributed by atoms with Crippen LogP contribution in [-0.4, -0.2) is 17.0 Å². The van der Waals surface area contributed by atoms with Crippen molar-refractivity contribution in [2.24, 2.45) is 5.92 Å². The van der Waals surface area contributed by atoms with Crippen LogP contribution in [0.15, 0.2) is 30.5 Å². The molecule has 1 saturated carbocycles. The molecule has 3 nitrogen and oxygen atoms in total. The van der Waals surface area contributed by atoms with Crippen LogP contribution in [0.4, 0.5) is 0 Å². The highest BCUT2D eigenvalue weighted by Crippen LogP contribution is 2.34. The lowest BCUT2D eigenvalue weighted by atomic mass is 9.95. The van der Waals surface area contributed by atoms with Crippen LogP contribution in [-0.2, 0) is 0 Å². The monoisotopic (exact) mass is 241 g/mol. The zero-order valence-corrected chi connectivity index (χ0v) is 10.8. The Morgan fingerprint density at radius 2 is 1.89 bits per heavy atom. The predicted octanol–water partition coefficient (Wildman–Crippen LogP) is 3.08. The fourth-order valence-electron chi connectivity index (χ4n) is 3.04. The maximum atomic E-state index is 4.77. The van der Waals surface area contributed by atoms with Gasteiger partial charge in [0.1, 0.15) is 0 Å². The van der Waals surface area contributed by atoms with Crippen molar-refractivity contribution in [3.63, 3.8) is 0 Å². The molecule has 1 heterocycles. The number of hydrogen-bond acceptors (Lipinski definition) is 3. The lowest BCUT2D eigenvalue weighted by Crippen LogP contribution is -2.24. The summed E-state index contributed by atoms with van der Waals surface area (Å²) in [7, 11) is 2.03. The number of hydrogen-bond donors (Lipinski definition) is 1. The molecule has 1 aromatic carbocycles. The molecule has 0 amide bonds. The second-order valence-corrected chi connectivity index (χ2v) is 5.09. The summed E-state index contributed by atoms with van der Waals surface area (Å²) in [6, 6.07) is 8.42. The Labute approximate surface area is 108 Å². The lowest BCUT2D eigenvalue weighted by Gasteiger charge is -2.22. The van der Waals surface area contributed by atoms with Gasteiger partial charge in [0.2, 0.25) is 0 Å². The molecular formula is C15H19N3. The molecule has 1 aliphatic carbocycles. The van der Waals surface area contributed by atoms with Gasteiger partial charge < -0.3 is 5.32 Å². The molecule has 1 N–H and O–H groups in total. The standard InChI is InChI=1S/C15H19N3/c1-16-15(11-6-2-3-7-11)14-10-17-12-8-4-5-9-13(12)18-14/h4-5,8-11,15-16H,2-3,6-7H2,1H3. The third-order valence-electron chi connectivity index (χ3n) is 3.97. The van der Waals surface area contributed by atoms with Crippen molar-refractivity contribution in [3.8, 4) is 0 Å². The minimum absolute atomic E-state index is 0.351. The zero-order valence-electron chi connectivity index (χ0n) is 10.8. The zero-order chi connectivity index (χ0) is 12.4. The summed E-state index contributed by atoms with van der Waals surface area (Å²) in [5.41, 5.74) is 3.05. The molecule has 3 rings (SSSR count). The summed E-state index contributed by atoms with van der Waals surface area (Å²) in [5.74, 6) is 0.713. The van der Waals surface area contributed by atoms with Crippen LogP contribution >= 0.6 is 0 Å². The van der Waals surface area contributed by atoms with Crippen molar-refractivity contribution >= 4 is 11.0 Å². The highest BCUT2D eigenvalue weighted by Gasteiger charge is 2.26. The highest BCUT2D eigenvalue weighted by atomic mass is 14.9. The first-order valence-corrected chi connectivity index (χ1v) is 6.77. The van der Waals surface area contributed by atoms with Gasteiger partial charge in [-0.2, -0.15) is 0 Å². The second-order valence-electron chi connectivity index (χ2n) is 5.09. The fourth-order valence-corrected chi connectivity index (χ4v) is 3.04. The first-order valence-electron chi connectivity index (χ1n) is 6.77. The van der Waals surface area contributed by atoms with E-state index >= 15 is 0 Å². The molecule has 1 aromatic heterocycles. The van der Waals surface area contributed by atoms with Gasteiger partial charge in [0, 0.05) is 0 Å². The summed E-state index contributed by atoms with van der Waals surface area (Å²) in [6.45, 7) is 0. The third kappa shape index (κ3) is 2.10. The van der Waals surface area contributed by atoms with E-state index in [-0.39, 0.29) is 0 Å². The van der Waals surface area contributed by atoms with Crippen molar-refractivity contribution in [3.05, 3.63) is 36.2 Å². The Bertz CT molecular complexity index is 532. The largest absolute Gasteiger partial charge is 0.311 e. The Morgan fingerprint density at radius 3 is 2.61 bits per heavy atom. The van der Waals surface area contributed by atoms with E-state index in [9.17, 15) is 0 Å². The summed E-state index contributed by atoms with van der Waals surface area (Å²) < 4.78 is 0. The van der Waals surface area contributed by atoms with Gasteiger partial charge in [0.05, 0.1) is 29.0 Å². The number of aromatic nitrogens is 2. The van der Waals surface area contributed by atoms with Crippen molar-refractivity contribution in [2.45, 2.75) is 31.7 Å². The summed E-state index contributed by atoms with van der Waals surface area (Å²) >= 11 is 0. The van der Waals surface area contributed by atoms with Crippen LogP contribution < -0.4 is 5.32 Å². The van der Waals surface area contributed by atoms with Gasteiger partial charge in [-0.05, 0) is 37.9 Å². The molecule has 0 spiro atoms. The second kappa shape index (κ2) is 5.02. The van der Waals surface area contributed by atoms with Crippen molar-refractivity contribution in [1.29, 1.82) is 0 Å². The van der Waals surface area contributed by atoms with Gasteiger partial charge in [-0.1, -0.05) is 25.0 Å². The number of benzene rings is 1. The molecular weight excluding hydrogens is 222 g/mol. The van der Waals surface area contributed by atoms with Crippen molar-refractivity contribution in [2.75, 3.05) is 7.05 Å². The van der Waals surface area contributed by atoms with Gasteiger partial charge in [-0.3, -0.25) is 4.98 Å². The normalized spacial score (nSPS) is 18.3. The van der Waals surface area contributed by atoms with Crippen LogP contribution in [0.2, 0.25) is 0 Å². The molecule has 0 saturated heterocycles. The Hall–Kier alpha value is -1.48. The quantitative estimate of drug-likeness (QED) is 0.897. The maximum absolute atomic E-state index is 4.77. The van der Waals surface area contributed by atoms with E-state index in [4.69, 9.17) is 4.98 Å². The number of para-hydroxylation sites is 2. The predicted molar refractivity (Wildman–Crippen MR) is 73.3 cm³/mol. The van der Waals surface area contributed by atoms with Crippen molar-refractivity contribution < 1.29 is 0 Å². The molecule has 0 radical (unpaired) electrons. The van der Waals surface area contributed by atoms with Crippen LogP contribution in [0.5, 0.6) is 0 Å². The molecule has 1 unspecified atom stereocenters. The van der Waals surface area contributed by atoms with Crippen LogP contribution in [0.1, 0.15) is 37.4 Å². The van der Waals surface area contributed by atoms with Gasteiger partial charge in [0.25, 0.3) is 0 Å². The third-order valence-corrected chi connectivity index (χ3v) is 3.97. The summed E-state index contributed by atoms with van der Waals surface area (Å²) in [6.07, 6.45) is 7.25. The molecule has 1 atom stereocenters. The summed E-state index contributed by atoms with van der Waals surface area (Å²) in [4.78, 5) is 9.28. The van der Waals surface area contributed by atoms with Gasteiger partial charge in [0.15, 0.2) is 0 Å². The van der Waals surface area contributed by atoms with Crippen LogP contribution in [0.25, 0.3) is 11.0 Å². The molecule has 18 heavy (non-hydrogen) atoms. The maximum Gasteiger partial charge on any atom is 0.0890 e. The molecule has 1 aliphatic rings. The number of rotatable bonds is 3. The Kier molecular flexibility index (Phi) is 3.24. The van der Waals surface area contributed by atoms with Gasteiger partial charge in [-0.25, -0.2) is 4.98 Å². The Morgan fingerprint density at radius 1 is 1.17 bits per heavy atom. The molecule has 3 heteroatoms. The van der Waals surface area contributed by atoms with Crippen LogP contribution in [0.3, 0.4) is 0 Å². The number of nitrogens with zero attached hydrogens (tertiary/aromatic N) is 2. The average molecular weight is 241 g/mol. The van der Waals surface area contributed by atoms with E-state index in [0.29, 0.717) is 12.0 Å². The molecule has 0 aliphatic heterocycles. The van der Waals surface area contributed by atoms with Gasteiger partial charge >= 0.3 is 0 Å². The molecule has 2 aromatic rings. The lowest BCUT2D eigenvalue weighted by molar-refractivity contribution is 0.383. The SMILES string of the molecule is CNC(c1cnc2ccccc2n1)C1CCCC1. The van der Waals surface area contributed by atoms with E-state index in [1.807, 2.05) is 37.5 Å². The topological polar surface area (TPSA) is 37.8 Å². The number of nitrogens with one attached hydrogen (secondary N) is 1. The molecule has 94 valence electrons. The van der Waals surface area contributed by atoms with Gasteiger partial charge in [-0.15, -0.1) is 0 Å². The van der Waals surface area contributed by atoms with Crippen LogP contribution in [0, 0.1) is 5.92 Å². The summed E-state index contributed by atoms with van der Waals surface area (Å²) in [5, 5.41) is 3.42. The van der Waals surface area contributed by atoms with E-state index < -0.39 is 0 Å². The van der Waals surface area contributed by atoms with E-state index in [0.717, 1.165) is 16.7 Å². The van der Waals surface area contributed by atoms with E-state index in [2.05, 4.69) is 10.3 Å². The van der Waals surface area contributed by atoms with E-state index in [1.165, 1.54) is 25.7 Å². The van der Waals surface area contributed by atoms with Crippen molar-refractivity contribution in [1.82, 2.24) is 15.3 Å². The van der Waals surface area contributed by atoms with E-state index in [1.54, 1.807) is 0 Å². The minimum atomic E-state index is 0.351. The first kappa shape index (κ1) is 11.6. The highest BCUT2D eigenvalue weighted by molar-refractivity contribution is 5.73. The number of fused-ring (bicyclic) bond motifs is 1. The Balaban J connectivity index is 1.96. The first-order chi connectivity index (χ1) is 8.88. The minimum Gasteiger partial charge on any atom is -0.311 e.